The van der Waals surface area contributed by atoms with Crippen LogP contribution in [-0.2, 0) is 78.0 Å². The van der Waals surface area contributed by atoms with Gasteiger partial charge in [-0.1, -0.05) is 31.6 Å². The highest BCUT2D eigenvalue weighted by Gasteiger charge is 2.57. The van der Waals surface area contributed by atoms with Crippen molar-refractivity contribution >= 4 is 69.0 Å². The first-order chi connectivity index (χ1) is 34.8. The molecule has 0 amide bonds. The number of methoxy groups -OCH3 is 1. The number of fused-ring (bicyclic) bond motifs is 2. The molecule has 4 heterocycles. The van der Waals surface area contributed by atoms with Crippen molar-refractivity contribution in [3.63, 3.8) is 0 Å². The minimum atomic E-state index is -1.93. The van der Waals surface area contributed by atoms with Crippen LogP contribution in [0.1, 0.15) is 109 Å². The number of thiazole rings is 1. The summed E-state index contributed by atoms with van der Waals surface area (Å²) in [6, 6.07) is 8.90. The number of hydrogen-bond donors (Lipinski definition) is 1. The van der Waals surface area contributed by atoms with E-state index in [9.17, 15) is 48.8 Å². The quantitative estimate of drug-likeness (QED) is 0.0460. The summed E-state index contributed by atoms with van der Waals surface area (Å²) in [6.45, 7) is 14.8. The predicted molar refractivity (Wildman–Crippen MR) is 258 cm³/mol. The van der Waals surface area contributed by atoms with Crippen molar-refractivity contribution in [3.05, 3.63) is 75.3 Å². The number of aliphatic hydroxyl groups is 1. The van der Waals surface area contributed by atoms with Gasteiger partial charge in [0, 0.05) is 39.2 Å². The van der Waals surface area contributed by atoms with Crippen molar-refractivity contribution in [2.75, 3.05) is 7.11 Å². The Balaban J connectivity index is 1.26. The Labute approximate surface area is 430 Å². The highest BCUT2D eigenvalue weighted by molar-refractivity contribution is 7.18. The van der Waals surface area contributed by atoms with Crippen molar-refractivity contribution in [1.29, 1.82) is 0 Å². The van der Waals surface area contributed by atoms with Crippen molar-refractivity contribution < 1.29 is 91.0 Å². The van der Waals surface area contributed by atoms with Crippen molar-refractivity contribution in [3.8, 4) is 5.75 Å². The number of allylic oxidation sites excluding steroid dienone is 1. The summed E-state index contributed by atoms with van der Waals surface area (Å²) in [4.78, 5) is 108. The molecule has 3 aliphatic rings. The maximum absolute atomic E-state index is 14.7. The molecule has 0 radical (unpaired) electrons. The number of ether oxygens (including phenoxy) is 10. The molecule has 1 N–H and O–H groups in total. The lowest BCUT2D eigenvalue weighted by Crippen LogP contribution is -2.64. The van der Waals surface area contributed by atoms with E-state index >= 15 is 0 Å². The number of esters is 5. The van der Waals surface area contributed by atoms with Gasteiger partial charge in [0.15, 0.2) is 24.1 Å². The second-order valence-corrected chi connectivity index (χ2v) is 20.6. The molecule has 1 aromatic heterocycles. The van der Waals surface area contributed by atoms with Gasteiger partial charge in [0.2, 0.25) is 12.4 Å². The Kier molecular flexibility index (Phi) is 18.2. The molecular weight excluding hydrogens is 993 g/mol. The third kappa shape index (κ3) is 13.6. The molecule has 12 atom stereocenters. The lowest BCUT2D eigenvalue weighted by atomic mass is 9.71. The number of rotatable bonds is 13. The fourth-order valence-electron chi connectivity index (χ4n) is 9.36. The second kappa shape index (κ2) is 23.8. The third-order valence-electron chi connectivity index (χ3n) is 13.4. The minimum absolute atomic E-state index is 0.00236. The number of aryl methyl sites for hydroxylation is 1. The van der Waals surface area contributed by atoms with Crippen molar-refractivity contribution in [2.24, 2.45) is 17.3 Å². The molecule has 3 fully saturated rings. The van der Waals surface area contributed by atoms with Gasteiger partial charge in [-0.15, -0.1) is 17.9 Å². The Hall–Kier alpha value is -6.56. The maximum Gasteiger partial charge on any atom is 0.508 e. The average molecular weight is 1060 g/mol. The van der Waals surface area contributed by atoms with Crippen LogP contribution in [0, 0.1) is 34.3 Å². The van der Waals surface area contributed by atoms with Gasteiger partial charge in [0.1, 0.15) is 24.6 Å². The number of nitro benzene ring substituents is 1. The van der Waals surface area contributed by atoms with Gasteiger partial charge in [-0.25, -0.2) is 14.6 Å². The lowest BCUT2D eigenvalue weighted by Gasteiger charge is -2.42. The third-order valence-corrected chi connectivity index (χ3v) is 14.3. The predicted octanol–water partition coefficient (Wildman–Crippen LogP) is 6.80. The first-order valence-corrected chi connectivity index (χ1v) is 24.8. The Bertz CT molecular complexity index is 2630. The van der Waals surface area contributed by atoms with Gasteiger partial charge in [-0.3, -0.25) is 34.1 Å². The smallest absolute Gasteiger partial charge is 0.467 e. The molecule has 0 aliphatic carbocycles. The van der Waals surface area contributed by atoms with Gasteiger partial charge in [-0.05, 0) is 82.2 Å². The first-order valence-electron chi connectivity index (χ1n) is 24.0. The second-order valence-electron chi connectivity index (χ2n) is 19.4. The molecule has 3 aromatic rings. The largest absolute Gasteiger partial charge is 0.508 e. The number of aliphatic hydroxyl groups excluding tert-OH is 1. The Morgan fingerprint density at radius 2 is 1.65 bits per heavy atom. The summed E-state index contributed by atoms with van der Waals surface area (Å²) < 4.78 is 56.9. The topological polar surface area (TPSA) is 291 Å². The van der Waals surface area contributed by atoms with E-state index in [1.54, 1.807) is 0 Å². The standard InChI is InChI=1S/C51H62N2O20S/c1-11-13-32-41(58)25(2)14-12-19-51(9)39(73-51)22-36(31-16-18-37-33(21-31)52-26(3)74-37)69-40(57)23-38(50(7,8)46(32)59)71-49(61)65-24-30-15-17-35(34(20-30)53(62)63)70-48-45(68-29(6)56)43(67-28(5)55)42(66-27(4)54)44(72-48)47(60)64-10/h11,15-18,20-21,25,32,36,38-39,41-45,48,58H,1,12-14,19,22-24H2,2-10H3/t25-,32+,36-,38-,39-,41-,42-,43-,44-,45+,48+,51+/m0/s1. The Morgan fingerprint density at radius 1 is 0.973 bits per heavy atom. The van der Waals surface area contributed by atoms with E-state index in [0.29, 0.717) is 31.2 Å². The summed E-state index contributed by atoms with van der Waals surface area (Å²) in [5.41, 5.74) is -1.54. The number of carbonyl (C=O) groups excluding carboxylic acids is 7. The number of hydrogen-bond acceptors (Lipinski definition) is 22. The summed E-state index contributed by atoms with van der Waals surface area (Å²) in [6.07, 6.45) is -11.0. The van der Waals surface area contributed by atoms with Crippen LogP contribution in [-0.4, -0.2) is 119 Å². The normalized spacial score (nSPS) is 29.3. The number of epoxide rings is 1. The van der Waals surface area contributed by atoms with E-state index in [-0.39, 0.29) is 24.0 Å². The van der Waals surface area contributed by atoms with Crippen LogP contribution in [0.5, 0.6) is 5.75 Å². The minimum Gasteiger partial charge on any atom is -0.467 e. The molecule has 0 unspecified atom stereocenters. The van der Waals surface area contributed by atoms with E-state index in [0.717, 1.165) is 55.2 Å². The fourth-order valence-corrected chi connectivity index (χ4v) is 10.2. The zero-order valence-corrected chi connectivity index (χ0v) is 43.4. The first kappa shape index (κ1) is 56.7. The molecular formula is C51H62N2O20S. The Morgan fingerprint density at radius 3 is 2.30 bits per heavy atom. The van der Waals surface area contributed by atoms with Crippen LogP contribution in [0.4, 0.5) is 10.5 Å². The molecule has 74 heavy (non-hydrogen) atoms. The van der Waals surface area contributed by atoms with E-state index in [4.69, 9.17) is 47.4 Å². The summed E-state index contributed by atoms with van der Waals surface area (Å²) in [5, 5.41) is 25.1. The van der Waals surface area contributed by atoms with Crippen LogP contribution in [0.3, 0.4) is 0 Å². The summed E-state index contributed by atoms with van der Waals surface area (Å²) in [7, 11) is 0.984. The summed E-state index contributed by atoms with van der Waals surface area (Å²) in [5.74, 6) is -7.24. The van der Waals surface area contributed by atoms with Crippen LogP contribution in [0.2, 0.25) is 0 Å². The zero-order chi connectivity index (χ0) is 54.4. The number of nitro groups is 1. The molecule has 0 bridgehead atoms. The molecule has 3 saturated heterocycles. The van der Waals surface area contributed by atoms with Gasteiger partial charge < -0.3 is 52.5 Å². The molecule has 0 spiro atoms. The number of Topliss-reactive ketones (excluding diaryl/α,β-unsaturated/α-hetero) is 1. The van der Waals surface area contributed by atoms with E-state index in [1.165, 1.54) is 37.3 Å². The highest BCUT2D eigenvalue weighted by Crippen LogP contribution is 2.47. The molecule has 0 saturated carbocycles. The van der Waals surface area contributed by atoms with Crippen LogP contribution >= 0.6 is 11.3 Å². The molecule has 3 aliphatic heterocycles. The maximum atomic E-state index is 14.7. The molecule has 402 valence electrons. The van der Waals surface area contributed by atoms with Gasteiger partial charge >= 0.3 is 41.7 Å². The van der Waals surface area contributed by atoms with Crippen molar-refractivity contribution in [1.82, 2.24) is 4.98 Å². The number of carbonyl (C=O) groups is 7. The molecule has 6 rings (SSSR count). The van der Waals surface area contributed by atoms with E-state index in [1.807, 2.05) is 39.0 Å². The van der Waals surface area contributed by atoms with Gasteiger partial charge in [0.05, 0.1) is 56.9 Å². The number of benzene rings is 2. The zero-order valence-electron chi connectivity index (χ0n) is 42.6. The van der Waals surface area contributed by atoms with Crippen LogP contribution in [0.25, 0.3) is 10.2 Å². The van der Waals surface area contributed by atoms with Gasteiger partial charge in [-0.2, -0.15) is 0 Å². The molecule has 22 nitrogen and oxygen atoms in total. The highest BCUT2D eigenvalue weighted by atomic mass is 32.1. The SMILES string of the molecule is C=CC[C@H]1C(=O)C(C)(C)[C@@H](OC(=O)OCc2ccc(O[C@@H]3O[C@H](C(=O)OC)[C@@H](OC(C)=O)[C@H](OC(C)=O)[C@H]3OC(C)=O)c([N+](=O)[O-])c2)CC(=O)O[C@H](c2ccc3sc(C)nc3c2)C[C@@H]2O[C@]2(C)CCC[C@H](C)[C@@H]1O. The fraction of sp³-hybridized carbons (Fsp3) is 0.569. The number of ketones is 1. The van der Waals surface area contributed by atoms with Crippen LogP contribution < -0.4 is 4.74 Å². The summed E-state index contributed by atoms with van der Waals surface area (Å²) >= 11 is 1.52. The van der Waals surface area contributed by atoms with E-state index in [2.05, 4.69) is 11.6 Å². The number of aromatic nitrogens is 1. The number of nitrogens with zero attached hydrogens (tertiary/aromatic N) is 2. The molecule has 2 aromatic carbocycles. The van der Waals surface area contributed by atoms with Crippen molar-refractivity contribution in [2.45, 2.75) is 161 Å². The average Bonchev–Trinajstić information content (AvgIpc) is 3.80. The van der Waals surface area contributed by atoms with Gasteiger partial charge in [0.25, 0.3) is 0 Å². The van der Waals surface area contributed by atoms with Crippen LogP contribution in [0.15, 0.2) is 49.1 Å². The lowest BCUT2D eigenvalue weighted by molar-refractivity contribution is -0.387. The monoisotopic (exact) mass is 1050 g/mol. The van der Waals surface area contributed by atoms with E-state index < -0.39 is 137 Å². The number of cyclic esters (lactones) is 1. The molecule has 23 heteroatoms.